The fraction of sp³-hybridized carbons (Fsp3) is 0.0714. The van der Waals surface area contributed by atoms with E-state index in [1.165, 1.54) is 6.21 Å². The summed E-state index contributed by atoms with van der Waals surface area (Å²) >= 11 is 6.82. The van der Waals surface area contributed by atoms with Gasteiger partial charge in [-0.15, -0.1) is 0 Å². The molecule has 0 atom stereocenters. The highest BCUT2D eigenvalue weighted by Crippen LogP contribution is 2.26. The van der Waals surface area contributed by atoms with Crippen molar-refractivity contribution >= 4 is 38.1 Å². The van der Waals surface area contributed by atoms with Crippen molar-refractivity contribution in [2.75, 3.05) is 0 Å². The fourth-order valence-corrected chi connectivity index (χ4v) is 2.30. The Morgan fingerprint density at radius 3 is 2.47 bits per heavy atom. The van der Waals surface area contributed by atoms with E-state index in [4.69, 9.17) is 9.94 Å². The molecule has 0 aliphatic heterocycles. The zero-order chi connectivity index (χ0) is 13.7. The van der Waals surface area contributed by atoms with Crippen LogP contribution in [0.2, 0.25) is 0 Å². The Kier molecular flexibility index (Phi) is 4.99. The van der Waals surface area contributed by atoms with E-state index in [1.54, 1.807) is 0 Å². The van der Waals surface area contributed by atoms with E-state index in [0.717, 1.165) is 25.8 Å². The van der Waals surface area contributed by atoms with E-state index in [0.29, 0.717) is 6.61 Å². The molecule has 2 rings (SSSR count). The molecular weight excluding hydrogens is 374 g/mol. The minimum absolute atomic E-state index is 0.499. The van der Waals surface area contributed by atoms with Gasteiger partial charge in [-0.2, -0.15) is 0 Å². The first-order chi connectivity index (χ1) is 9.19. The Bertz CT molecular complexity index is 582. The zero-order valence-electron chi connectivity index (χ0n) is 9.88. The molecule has 0 aliphatic carbocycles. The maximum atomic E-state index is 8.47. The molecule has 5 heteroatoms. The summed E-state index contributed by atoms with van der Waals surface area (Å²) in [5, 5.41) is 11.5. The summed E-state index contributed by atoms with van der Waals surface area (Å²) < 4.78 is 7.59. The standard InChI is InChI=1S/C14H11Br2NO2/c15-12-4-1-10(2-5-12)9-19-14-6-3-11(8-17-18)7-13(14)16/h1-8,18H,9H2/b17-8-. The fourth-order valence-electron chi connectivity index (χ4n) is 1.52. The minimum Gasteiger partial charge on any atom is -0.488 e. The van der Waals surface area contributed by atoms with Crippen molar-refractivity contribution in [1.82, 2.24) is 0 Å². The number of benzene rings is 2. The van der Waals surface area contributed by atoms with Gasteiger partial charge in [-0.05, 0) is 57.4 Å². The summed E-state index contributed by atoms with van der Waals surface area (Å²) in [6, 6.07) is 13.5. The maximum absolute atomic E-state index is 8.47. The molecule has 0 aliphatic rings. The summed E-state index contributed by atoms with van der Waals surface area (Å²) in [7, 11) is 0. The second-order valence-corrected chi connectivity index (χ2v) is 5.62. The molecule has 0 saturated heterocycles. The molecule has 0 bridgehead atoms. The van der Waals surface area contributed by atoms with Crippen LogP contribution in [0.4, 0.5) is 0 Å². The van der Waals surface area contributed by atoms with Gasteiger partial charge in [0.05, 0.1) is 10.7 Å². The van der Waals surface area contributed by atoms with Crippen LogP contribution in [0.5, 0.6) is 5.75 Å². The second-order valence-electron chi connectivity index (χ2n) is 3.85. The van der Waals surface area contributed by atoms with Crippen LogP contribution >= 0.6 is 31.9 Å². The number of rotatable bonds is 4. The van der Waals surface area contributed by atoms with E-state index in [2.05, 4.69) is 37.0 Å². The van der Waals surface area contributed by atoms with E-state index in [-0.39, 0.29) is 0 Å². The topological polar surface area (TPSA) is 41.8 Å². The van der Waals surface area contributed by atoms with Crippen molar-refractivity contribution in [3.05, 3.63) is 62.5 Å². The summed E-state index contributed by atoms with van der Waals surface area (Å²) in [6.07, 6.45) is 1.36. The molecular formula is C14H11Br2NO2. The van der Waals surface area contributed by atoms with E-state index < -0.39 is 0 Å². The monoisotopic (exact) mass is 383 g/mol. The van der Waals surface area contributed by atoms with Crippen LogP contribution in [-0.2, 0) is 6.61 Å². The van der Waals surface area contributed by atoms with Crippen LogP contribution in [0.3, 0.4) is 0 Å². The molecule has 2 aromatic carbocycles. The number of nitrogens with zero attached hydrogens (tertiary/aromatic N) is 1. The molecule has 3 nitrogen and oxygen atoms in total. The molecule has 0 amide bonds. The summed E-state index contributed by atoms with van der Waals surface area (Å²) in [5.41, 5.74) is 1.89. The number of hydrogen-bond donors (Lipinski definition) is 1. The zero-order valence-corrected chi connectivity index (χ0v) is 13.1. The van der Waals surface area contributed by atoms with Gasteiger partial charge in [0.1, 0.15) is 12.4 Å². The van der Waals surface area contributed by atoms with Gasteiger partial charge >= 0.3 is 0 Å². The normalized spacial score (nSPS) is 10.8. The van der Waals surface area contributed by atoms with Crippen molar-refractivity contribution < 1.29 is 9.94 Å². The predicted octanol–water partition coefficient (Wildman–Crippen LogP) is 4.60. The van der Waals surface area contributed by atoms with Crippen molar-refractivity contribution in [3.8, 4) is 5.75 Å². The van der Waals surface area contributed by atoms with Crippen LogP contribution in [0.15, 0.2) is 56.6 Å². The van der Waals surface area contributed by atoms with E-state index in [9.17, 15) is 0 Å². The van der Waals surface area contributed by atoms with Gasteiger partial charge in [0.15, 0.2) is 0 Å². The van der Waals surface area contributed by atoms with Crippen LogP contribution < -0.4 is 4.74 Å². The van der Waals surface area contributed by atoms with Gasteiger partial charge < -0.3 is 9.94 Å². The van der Waals surface area contributed by atoms with Crippen LogP contribution in [0.25, 0.3) is 0 Å². The van der Waals surface area contributed by atoms with Crippen molar-refractivity contribution in [2.45, 2.75) is 6.61 Å². The Hall–Kier alpha value is -1.33. The molecule has 0 unspecified atom stereocenters. The summed E-state index contributed by atoms with van der Waals surface area (Å²) in [4.78, 5) is 0. The van der Waals surface area contributed by atoms with Crippen LogP contribution in [-0.4, -0.2) is 11.4 Å². The van der Waals surface area contributed by atoms with Gasteiger partial charge in [0, 0.05) is 4.47 Å². The summed E-state index contributed by atoms with van der Waals surface area (Å²) in [6.45, 7) is 0.499. The molecule has 19 heavy (non-hydrogen) atoms. The first-order valence-corrected chi connectivity index (χ1v) is 7.12. The third kappa shape index (κ3) is 4.08. The molecule has 0 fully saturated rings. The Morgan fingerprint density at radius 2 is 1.84 bits per heavy atom. The lowest BCUT2D eigenvalue weighted by molar-refractivity contribution is 0.304. The lowest BCUT2D eigenvalue weighted by atomic mass is 10.2. The lowest BCUT2D eigenvalue weighted by Gasteiger charge is -2.09. The SMILES string of the molecule is O/N=C\c1ccc(OCc2ccc(Br)cc2)c(Br)c1. The Labute approximate surface area is 128 Å². The molecule has 0 aromatic heterocycles. The van der Waals surface area contributed by atoms with Gasteiger partial charge in [0.2, 0.25) is 0 Å². The number of halogens is 2. The van der Waals surface area contributed by atoms with Gasteiger partial charge in [-0.25, -0.2) is 0 Å². The molecule has 0 saturated carbocycles. The molecule has 2 aromatic rings. The largest absolute Gasteiger partial charge is 0.488 e. The van der Waals surface area contributed by atoms with E-state index in [1.807, 2.05) is 42.5 Å². The van der Waals surface area contributed by atoms with E-state index >= 15 is 0 Å². The van der Waals surface area contributed by atoms with Crippen molar-refractivity contribution in [3.63, 3.8) is 0 Å². The highest BCUT2D eigenvalue weighted by atomic mass is 79.9. The molecule has 0 radical (unpaired) electrons. The third-order valence-electron chi connectivity index (χ3n) is 2.47. The Balaban J connectivity index is 2.05. The lowest BCUT2D eigenvalue weighted by Crippen LogP contribution is -1.96. The van der Waals surface area contributed by atoms with Crippen LogP contribution in [0, 0.1) is 0 Å². The molecule has 0 spiro atoms. The first kappa shape index (κ1) is 14.1. The first-order valence-electron chi connectivity index (χ1n) is 5.53. The average Bonchev–Trinajstić information content (AvgIpc) is 2.40. The van der Waals surface area contributed by atoms with Crippen molar-refractivity contribution in [2.24, 2.45) is 5.16 Å². The summed E-state index contributed by atoms with van der Waals surface area (Å²) in [5.74, 6) is 0.748. The second kappa shape index (κ2) is 6.73. The minimum atomic E-state index is 0.499. The maximum Gasteiger partial charge on any atom is 0.134 e. The smallest absolute Gasteiger partial charge is 0.134 e. The highest BCUT2D eigenvalue weighted by molar-refractivity contribution is 9.10. The predicted molar refractivity (Wildman–Crippen MR) is 82.0 cm³/mol. The number of ether oxygens (including phenoxy) is 1. The molecule has 98 valence electrons. The Morgan fingerprint density at radius 1 is 1.11 bits per heavy atom. The molecule has 1 N–H and O–H groups in total. The van der Waals surface area contributed by atoms with Gasteiger partial charge in [-0.1, -0.05) is 33.2 Å². The van der Waals surface area contributed by atoms with Gasteiger partial charge in [0.25, 0.3) is 0 Å². The van der Waals surface area contributed by atoms with Gasteiger partial charge in [-0.3, -0.25) is 0 Å². The number of oxime groups is 1. The average molecular weight is 385 g/mol. The van der Waals surface area contributed by atoms with Crippen LogP contribution in [0.1, 0.15) is 11.1 Å². The third-order valence-corrected chi connectivity index (χ3v) is 3.62. The highest BCUT2D eigenvalue weighted by Gasteiger charge is 2.02. The number of hydrogen-bond acceptors (Lipinski definition) is 3. The quantitative estimate of drug-likeness (QED) is 0.475. The molecule has 0 heterocycles. The van der Waals surface area contributed by atoms with Crippen molar-refractivity contribution in [1.29, 1.82) is 0 Å².